The number of nitrogens with one attached hydrogen (secondary N) is 2. The summed E-state index contributed by atoms with van der Waals surface area (Å²) in [5, 5.41) is 11.9. The minimum absolute atomic E-state index is 0. The second kappa shape index (κ2) is 6.87. The minimum Gasteiger partial charge on any atom is -0.316 e. The second-order valence-corrected chi connectivity index (χ2v) is 6.12. The lowest BCUT2D eigenvalue weighted by Gasteiger charge is -2.10. The van der Waals surface area contributed by atoms with Gasteiger partial charge in [0.15, 0.2) is 0 Å². The lowest BCUT2D eigenvalue weighted by molar-refractivity contribution is 0.539. The van der Waals surface area contributed by atoms with Crippen LogP contribution in [0.15, 0.2) is 29.2 Å². The lowest BCUT2D eigenvalue weighted by Crippen LogP contribution is -2.30. The molecule has 1 aromatic carbocycles. The Kier molecular flexibility index (Phi) is 5.76. The van der Waals surface area contributed by atoms with Crippen molar-refractivity contribution < 1.29 is 8.42 Å². The zero-order chi connectivity index (χ0) is 13.0. The number of nitriles is 1. The molecule has 0 saturated carbocycles. The molecular weight excluding hydrogens is 286 g/mol. The molecule has 0 spiro atoms. The third kappa shape index (κ3) is 4.18. The molecule has 2 rings (SSSR count). The third-order valence-electron chi connectivity index (χ3n) is 3.00. The molecule has 104 valence electrons. The van der Waals surface area contributed by atoms with Gasteiger partial charge in [-0.25, -0.2) is 13.1 Å². The van der Waals surface area contributed by atoms with Gasteiger partial charge in [-0.15, -0.1) is 12.4 Å². The fourth-order valence-corrected chi connectivity index (χ4v) is 3.09. The number of nitrogens with zero attached hydrogens (tertiary/aromatic N) is 1. The highest BCUT2D eigenvalue weighted by Crippen LogP contribution is 2.12. The summed E-state index contributed by atoms with van der Waals surface area (Å²) in [5.74, 6) is 0.346. The van der Waals surface area contributed by atoms with E-state index in [1.54, 1.807) is 12.1 Å². The quantitative estimate of drug-likeness (QED) is 0.864. The molecule has 5 nitrogen and oxygen atoms in total. The van der Waals surface area contributed by atoms with Crippen LogP contribution in [0, 0.1) is 17.2 Å². The van der Waals surface area contributed by atoms with Crippen LogP contribution in [0.5, 0.6) is 0 Å². The smallest absolute Gasteiger partial charge is 0.240 e. The largest absolute Gasteiger partial charge is 0.316 e. The van der Waals surface area contributed by atoms with Gasteiger partial charge < -0.3 is 5.32 Å². The minimum atomic E-state index is -3.51. The van der Waals surface area contributed by atoms with E-state index in [2.05, 4.69) is 10.0 Å². The average Bonchev–Trinajstić information content (AvgIpc) is 2.90. The highest BCUT2D eigenvalue weighted by atomic mass is 35.5. The fraction of sp³-hybridized carbons (Fsp3) is 0.417. The number of benzene rings is 1. The molecule has 0 bridgehead atoms. The lowest BCUT2D eigenvalue weighted by atomic mass is 10.1. The summed E-state index contributed by atoms with van der Waals surface area (Å²) in [7, 11) is -3.51. The van der Waals surface area contributed by atoms with Crippen LogP contribution >= 0.6 is 12.4 Å². The first kappa shape index (κ1) is 15.9. The van der Waals surface area contributed by atoms with Crippen LogP contribution in [0.3, 0.4) is 0 Å². The predicted octanol–water partition coefficient (Wildman–Crippen LogP) is 0.868. The number of hydrogen-bond acceptors (Lipinski definition) is 4. The van der Waals surface area contributed by atoms with Crippen LogP contribution in [-0.2, 0) is 10.0 Å². The third-order valence-corrected chi connectivity index (χ3v) is 4.42. The molecule has 0 aliphatic carbocycles. The Morgan fingerprint density at radius 1 is 1.47 bits per heavy atom. The second-order valence-electron chi connectivity index (χ2n) is 4.35. The first-order valence-corrected chi connectivity index (χ1v) is 7.31. The Bertz CT molecular complexity index is 563. The van der Waals surface area contributed by atoms with Crippen LogP contribution in [-0.4, -0.2) is 28.1 Å². The van der Waals surface area contributed by atoms with Gasteiger partial charge in [0.1, 0.15) is 0 Å². The van der Waals surface area contributed by atoms with Crippen LogP contribution in [0.4, 0.5) is 0 Å². The van der Waals surface area contributed by atoms with Crippen molar-refractivity contribution in [3.05, 3.63) is 29.8 Å². The Balaban J connectivity index is 0.00000180. The topological polar surface area (TPSA) is 82.0 Å². The fourth-order valence-electron chi connectivity index (χ4n) is 1.93. The molecule has 1 saturated heterocycles. The molecule has 1 unspecified atom stereocenters. The summed E-state index contributed by atoms with van der Waals surface area (Å²) >= 11 is 0. The molecular formula is C12H16ClN3O2S. The first-order valence-electron chi connectivity index (χ1n) is 5.82. The summed E-state index contributed by atoms with van der Waals surface area (Å²) in [6.07, 6.45) is 0.987. The average molecular weight is 302 g/mol. The highest BCUT2D eigenvalue weighted by molar-refractivity contribution is 7.89. The molecule has 7 heteroatoms. The van der Waals surface area contributed by atoms with Gasteiger partial charge in [-0.1, -0.05) is 6.07 Å². The van der Waals surface area contributed by atoms with E-state index < -0.39 is 10.0 Å². The summed E-state index contributed by atoms with van der Waals surface area (Å²) in [5.41, 5.74) is 0.348. The van der Waals surface area contributed by atoms with E-state index in [9.17, 15) is 8.42 Å². The van der Waals surface area contributed by atoms with E-state index in [0.29, 0.717) is 18.0 Å². The summed E-state index contributed by atoms with van der Waals surface area (Å²) in [4.78, 5) is 0.146. The molecule has 1 fully saturated rings. The normalized spacial score (nSPS) is 18.6. The van der Waals surface area contributed by atoms with Crippen molar-refractivity contribution in [3.63, 3.8) is 0 Å². The van der Waals surface area contributed by atoms with Crippen molar-refractivity contribution in [2.75, 3.05) is 19.6 Å². The van der Waals surface area contributed by atoms with Gasteiger partial charge in [0, 0.05) is 6.54 Å². The Morgan fingerprint density at radius 2 is 2.26 bits per heavy atom. The maximum atomic E-state index is 12.0. The SMILES string of the molecule is Cl.N#Cc1cccc(S(=O)(=O)NCC2CCNC2)c1. The Hall–Kier alpha value is -1.13. The molecule has 0 radical (unpaired) electrons. The molecule has 2 N–H and O–H groups in total. The van der Waals surface area contributed by atoms with Crippen molar-refractivity contribution in [1.82, 2.24) is 10.0 Å². The maximum absolute atomic E-state index is 12.0. The van der Waals surface area contributed by atoms with Crippen molar-refractivity contribution in [2.24, 2.45) is 5.92 Å². The predicted molar refractivity (Wildman–Crippen MR) is 74.6 cm³/mol. The number of sulfonamides is 1. The summed E-state index contributed by atoms with van der Waals surface area (Å²) < 4.78 is 26.6. The van der Waals surface area contributed by atoms with Crippen LogP contribution in [0.2, 0.25) is 0 Å². The maximum Gasteiger partial charge on any atom is 0.240 e. The van der Waals surface area contributed by atoms with Crippen molar-refractivity contribution >= 4 is 22.4 Å². The standard InChI is InChI=1S/C12H15N3O2S.ClH/c13-7-10-2-1-3-12(6-10)18(16,17)15-9-11-4-5-14-8-11;/h1-3,6,11,14-15H,4-5,8-9H2;1H. The molecule has 0 aromatic heterocycles. The van der Waals surface area contributed by atoms with E-state index in [1.807, 2.05) is 6.07 Å². The van der Waals surface area contributed by atoms with Crippen LogP contribution < -0.4 is 10.0 Å². The molecule has 1 heterocycles. The van der Waals surface area contributed by atoms with Gasteiger partial charge in [0.05, 0.1) is 16.5 Å². The molecule has 1 aliphatic heterocycles. The van der Waals surface area contributed by atoms with Crippen molar-refractivity contribution in [1.29, 1.82) is 5.26 Å². The van der Waals surface area contributed by atoms with E-state index >= 15 is 0 Å². The van der Waals surface area contributed by atoms with Gasteiger partial charge in [-0.05, 0) is 43.6 Å². The van der Waals surface area contributed by atoms with Crippen molar-refractivity contribution in [3.8, 4) is 6.07 Å². The molecule has 1 aromatic rings. The van der Waals surface area contributed by atoms with E-state index in [4.69, 9.17) is 5.26 Å². The van der Waals surface area contributed by atoms with E-state index in [1.165, 1.54) is 12.1 Å². The number of rotatable bonds is 4. The zero-order valence-electron chi connectivity index (χ0n) is 10.3. The van der Waals surface area contributed by atoms with Gasteiger partial charge in [0.2, 0.25) is 10.0 Å². The zero-order valence-corrected chi connectivity index (χ0v) is 11.9. The van der Waals surface area contributed by atoms with Crippen LogP contribution in [0.25, 0.3) is 0 Å². The molecule has 1 atom stereocenters. The monoisotopic (exact) mass is 301 g/mol. The highest BCUT2D eigenvalue weighted by Gasteiger charge is 2.19. The van der Waals surface area contributed by atoms with Gasteiger partial charge >= 0.3 is 0 Å². The summed E-state index contributed by atoms with van der Waals surface area (Å²) in [6, 6.07) is 7.97. The number of halogens is 1. The van der Waals surface area contributed by atoms with E-state index in [0.717, 1.165) is 19.5 Å². The number of hydrogen-bond donors (Lipinski definition) is 2. The summed E-state index contributed by atoms with van der Waals surface area (Å²) in [6.45, 7) is 2.23. The Morgan fingerprint density at radius 3 is 2.89 bits per heavy atom. The van der Waals surface area contributed by atoms with Gasteiger partial charge in [0.25, 0.3) is 0 Å². The van der Waals surface area contributed by atoms with Gasteiger partial charge in [-0.2, -0.15) is 5.26 Å². The molecule has 0 amide bonds. The van der Waals surface area contributed by atoms with Gasteiger partial charge in [-0.3, -0.25) is 0 Å². The molecule has 1 aliphatic rings. The van der Waals surface area contributed by atoms with Crippen molar-refractivity contribution in [2.45, 2.75) is 11.3 Å². The first-order chi connectivity index (χ1) is 8.62. The Labute approximate surface area is 119 Å². The molecule has 19 heavy (non-hydrogen) atoms. The van der Waals surface area contributed by atoms with E-state index in [-0.39, 0.29) is 17.3 Å². The van der Waals surface area contributed by atoms with Crippen LogP contribution in [0.1, 0.15) is 12.0 Å².